The van der Waals surface area contributed by atoms with E-state index in [2.05, 4.69) is 6.92 Å². The van der Waals surface area contributed by atoms with E-state index in [-0.39, 0.29) is 18.1 Å². The van der Waals surface area contributed by atoms with Gasteiger partial charge in [0.25, 0.3) is 0 Å². The molecule has 2 unspecified atom stereocenters. The third-order valence-corrected chi connectivity index (χ3v) is 3.80. The molecule has 4 nitrogen and oxygen atoms in total. The van der Waals surface area contributed by atoms with Crippen molar-refractivity contribution in [3.8, 4) is 0 Å². The van der Waals surface area contributed by atoms with E-state index in [4.69, 9.17) is 10.5 Å². The molecule has 4 heteroatoms. The molecule has 1 aromatic rings. The normalized spacial score (nSPS) is 23.6. The van der Waals surface area contributed by atoms with Crippen LogP contribution in [0.4, 0.5) is 5.69 Å². The molecule has 2 N–H and O–H groups in total. The van der Waals surface area contributed by atoms with Gasteiger partial charge in [0, 0.05) is 12.2 Å². The lowest BCUT2D eigenvalue weighted by molar-refractivity contribution is 0.0142. The summed E-state index contributed by atoms with van der Waals surface area (Å²) in [5, 5.41) is 0. The Hall–Kier alpha value is -1.45. The van der Waals surface area contributed by atoms with Crippen molar-refractivity contribution in [2.75, 3.05) is 5.73 Å². The molecular weight excluding hydrogens is 240 g/mol. The van der Waals surface area contributed by atoms with Gasteiger partial charge in [0.2, 0.25) is 0 Å². The average Bonchev–Trinajstić information content (AvgIpc) is 2.71. The standard InChI is InChI=1S/C15H24N2O2/c1-10(2)17-9-12(16)8-14(17)15(18)19-13-6-4-5-11(3)7-13/h8-11,13H,4-7,16H2,1-3H3. The number of carbonyl (C=O) groups is 1. The van der Waals surface area contributed by atoms with Crippen LogP contribution in [-0.4, -0.2) is 16.6 Å². The molecule has 19 heavy (non-hydrogen) atoms. The Morgan fingerprint density at radius 3 is 2.84 bits per heavy atom. The van der Waals surface area contributed by atoms with Crippen molar-refractivity contribution in [2.45, 2.75) is 58.6 Å². The Kier molecular flexibility index (Phi) is 4.17. The molecule has 0 amide bonds. The minimum atomic E-state index is -0.246. The van der Waals surface area contributed by atoms with Crippen LogP contribution in [0.15, 0.2) is 12.3 Å². The number of anilines is 1. The van der Waals surface area contributed by atoms with Gasteiger partial charge in [-0.1, -0.05) is 13.3 Å². The Balaban J connectivity index is 2.07. The molecule has 0 spiro atoms. The van der Waals surface area contributed by atoms with Crippen LogP contribution in [-0.2, 0) is 4.74 Å². The van der Waals surface area contributed by atoms with E-state index in [0.29, 0.717) is 17.3 Å². The summed E-state index contributed by atoms with van der Waals surface area (Å²) in [7, 11) is 0. The summed E-state index contributed by atoms with van der Waals surface area (Å²) < 4.78 is 7.52. The molecule has 2 rings (SSSR count). The van der Waals surface area contributed by atoms with Gasteiger partial charge in [0.1, 0.15) is 11.8 Å². The summed E-state index contributed by atoms with van der Waals surface area (Å²) in [6.45, 7) is 6.27. The van der Waals surface area contributed by atoms with Crippen molar-refractivity contribution in [3.05, 3.63) is 18.0 Å². The minimum Gasteiger partial charge on any atom is -0.458 e. The predicted octanol–water partition coefficient (Wildman–Crippen LogP) is 3.39. The maximum atomic E-state index is 12.3. The number of esters is 1. The highest BCUT2D eigenvalue weighted by Crippen LogP contribution is 2.27. The molecule has 1 fully saturated rings. The van der Waals surface area contributed by atoms with Crippen LogP contribution in [0, 0.1) is 5.92 Å². The van der Waals surface area contributed by atoms with E-state index >= 15 is 0 Å². The molecule has 106 valence electrons. The minimum absolute atomic E-state index is 0.0630. The maximum absolute atomic E-state index is 12.3. The second-order valence-corrected chi connectivity index (χ2v) is 5.96. The first-order chi connectivity index (χ1) is 8.97. The van der Waals surface area contributed by atoms with Crippen LogP contribution in [0.1, 0.15) is 63.0 Å². The van der Waals surface area contributed by atoms with E-state index in [1.165, 1.54) is 6.42 Å². The van der Waals surface area contributed by atoms with Gasteiger partial charge in [0.05, 0.1) is 5.69 Å². The van der Waals surface area contributed by atoms with Gasteiger partial charge in [-0.3, -0.25) is 0 Å². The fourth-order valence-electron chi connectivity index (χ4n) is 2.79. The van der Waals surface area contributed by atoms with Crippen LogP contribution in [0.3, 0.4) is 0 Å². The van der Waals surface area contributed by atoms with Gasteiger partial charge in [-0.15, -0.1) is 0 Å². The Labute approximate surface area is 114 Å². The van der Waals surface area contributed by atoms with Gasteiger partial charge in [-0.2, -0.15) is 0 Å². The van der Waals surface area contributed by atoms with Crippen molar-refractivity contribution < 1.29 is 9.53 Å². The zero-order valence-electron chi connectivity index (χ0n) is 12.1. The summed E-state index contributed by atoms with van der Waals surface area (Å²) >= 11 is 0. The first-order valence-corrected chi connectivity index (χ1v) is 7.15. The number of rotatable bonds is 3. The van der Waals surface area contributed by atoms with E-state index in [0.717, 1.165) is 19.3 Å². The topological polar surface area (TPSA) is 57.2 Å². The van der Waals surface area contributed by atoms with Crippen LogP contribution in [0.2, 0.25) is 0 Å². The Morgan fingerprint density at radius 2 is 2.21 bits per heavy atom. The average molecular weight is 264 g/mol. The summed E-state index contributed by atoms with van der Waals surface area (Å²) in [5.41, 5.74) is 6.95. The molecule has 1 aliphatic rings. The lowest BCUT2D eigenvalue weighted by atomic mass is 9.89. The van der Waals surface area contributed by atoms with Crippen molar-refractivity contribution >= 4 is 11.7 Å². The highest BCUT2D eigenvalue weighted by Gasteiger charge is 2.24. The number of carbonyl (C=O) groups excluding carboxylic acids is 1. The number of nitrogens with zero attached hydrogens (tertiary/aromatic N) is 1. The molecule has 0 saturated heterocycles. The molecule has 2 atom stereocenters. The first kappa shape index (κ1) is 14.0. The molecule has 0 aliphatic heterocycles. The number of nitrogen functional groups attached to an aromatic ring is 1. The van der Waals surface area contributed by atoms with Crippen molar-refractivity contribution in [1.82, 2.24) is 4.57 Å². The van der Waals surface area contributed by atoms with E-state index in [1.807, 2.05) is 18.4 Å². The number of hydrogen-bond acceptors (Lipinski definition) is 3. The molecule has 1 saturated carbocycles. The molecule has 1 aliphatic carbocycles. The zero-order chi connectivity index (χ0) is 14.0. The molecule has 0 bridgehead atoms. The van der Waals surface area contributed by atoms with Crippen LogP contribution >= 0.6 is 0 Å². The second-order valence-electron chi connectivity index (χ2n) is 5.96. The van der Waals surface area contributed by atoms with Crippen LogP contribution < -0.4 is 5.73 Å². The van der Waals surface area contributed by atoms with Gasteiger partial charge in [0.15, 0.2) is 0 Å². The third-order valence-electron chi connectivity index (χ3n) is 3.80. The lowest BCUT2D eigenvalue weighted by Gasteiger charge is -2.26. The highest BCUT2D eigenvalue weighted by atomic mass is 16.5. The van der Waals surface area contributed by atoms with E-state index in [9.17, 15) is 4.79 Å². The van der Waals surface area contributed by atoms with Crippen LogP contribution in [0.25, 0.3) is 0 Å². The predicted molar refractivity (Wildman–Crippen MR) is 76.1 cm³/mol. The Bertz CT molecular complexity index is 451. The van der Waals surface area contributed by atoms with Gasteiger partial charge < -0.3 is 15.0 Å². The van der Waals surface area contributed by atoms with E-state index in [1.54, 1.807) is 12.3 Å². The fourth-order valence-corrected chi connectivity index (χ4v) is 2.79. The SMILES string of the molecule is CC1CCCC(OC(=O)c2cc(N)cn2C(C)C)C1. The lowest BCUT2D eigenvalue weighted by Crippen LogP contribution is -2.25. The summed E-state index contributed by atoms with van der Waals surface area (Å²) in [6, 6.07) is 1.90. The van der Waals surface area contributed by atoms with Gasteiger partial charge in [-0.25, -0.2) is 4.79 Å². The number of aromatic nitrogens is 1. The van der Waals surface area contributed by atoms with Crippen LogP contribution in [0.5, 0.6) is 0 Å². The second kappa shape index (κ2) is 5.68. The van der Waals surface area contributed by atoms with Crippen molar-refractivity contribution in [1.29, 1.82) is 0 Å². The van der Waals surface area contributed by atoms with Crippen molar-refractivity contribution in [2.24, 2.45) is 5.92 Å². The van der Waals surface area contributed by atoms with Gasteiger partial charge in [-0.05, 0) is 45.1 Å². The third kappa shape index (κ3) is 3.31. The quantitative estimate of drug-likeness (QED) is 0.851. The molecule has 1 aromatic heterocycles. The van der Waals surface area contributed by atoms with Crippen molar-refractivity contribution in [3.63, 3.8) is 0 Å². The first-order valence-electron chi connectivity index (χ1n) is 7.15. The highest BCUT2D eigenvalue weighted by molar-refractivity contribution is 5.89. The number of ether oxygens (including phenoxy) is 1. The summed E-state index contributed by atoms with van der Waals surface area (Å²) in [5.74, 6) is 0.401. The fraction of sp³-hybridized carbons (Fsp3) is 0.667. The Morgan fingerprint density at radius 1 is 1.47 bits per heavy atom. The number of nitrogens with two attached hydrogens (primary N) is 1. The molecule has 0 radical (unpaired) electrons. The molecular formula is C15H24N2O2. The largest absolute Gasteiger partial charge is 0.458 e. The maximum Gasteiger partial charge on any atom is 0.355 e. The van der Waals surface area contributed by atoms with E-state index < -0.39 is 0 Å². The summed E-state index contributed by atoms with van der Waals surface area (Å²) in [6.07, 6.45) is 6.20. The molecule has 1 heterocycles. The zero-order valence-corrected chi connectivity index (χ0v) is 12.1. The summed E-state index contributed by atoms with van der Waals surface area (Å²) in [4.78, 5) is 12.3. The molecule has 0 aromatic carbocycles. The monoisotopic (exact) mass is 264 g/mol. The smallest absolute Gasteiger partial charge is 0.355 e. The number of hydrogen-bond donors (Lipinski definition) is 1. The van der Waals surface area contributed by atoms with Gasteiger partial charge >= 0.3 is 5.97 Å².